The Hall–Kier alpha value is -3.94. The lowest BCUT2D eigenvalue weighted by Gasteiger charge is -2.09. The van der Waals surface area contributed by atoms with E-state index in [0.717, 1.165) is 10.2 Å². The number of aromatic nitrogens is 2. The molecule has 148 valence electrons. The molecule has 0 bridgehead atoms. The van der Waals surface area contributed by atoms with Crippen LogP contribution in [0.25, 0.3) is 11.3 Å². The van der Waals surface area contributed by atoms with Gasteiger partial charge in [0.1, 0.15) is 12.3 Å². The van der Waals surface area contributed by atoms with Gasteiger partial charge in [-0.25, -0.2) is 4.68 Å². The van der Waals surface area contributed by atoms with E-state index in [9.17, 15) is 14.4 Å². The molecule has 0 unspecified atom stereocenters. The van der Waals surface area contributed by atoms with Gasteiger partial charge in [-0.3, -0.25) is 14.4 Å². The molecule has 0 aliphatic carbocycles. The lowest BCUT2D eigenvalue weighted by molar-refractivity contribution is -0.117. The van der Waals surface area contributed by atoms with E-state index in [1.807, 2.05) is 12.1 Å². The summed E-state index contributed by atoms with van der Waals surface area (Å²) in [5, 5.41) is 9.63. The van der Waals surface area contributed by atoms with Crippen molar-refractivity contribution in [1.29, 1.82) is 0 Å². The predicted molar refractivity (Wildman–Crippen MR) is 110 cm³/mol. The van der Waals surface area contributed by atoms with Gasteiger partial charge in [0.15, 0.2) is 0 Å². The fourth-order valence-corrected chi connectivity index (χ4v) is 2.65. The van der Waals surface area contributed by atoms with Gasteiger partial charge in [0.2, 0.25) is 11.8 Å². The zero-order valence-corrected chi connectivity index (χ0v) is 16.0. The van der Waals surface area contributed by atoms with Crippen molar-refractivity contribution in [2.45, 2.75) is 13.5 Å². The Morgan fingerprint density at radius 3 is 2.14 bits per heavy atom. The molecule has 0 saturated carbocycles. The third-order valence-corrected chi connectivity index (χ3v) is 4.03. The average molecular weight is 392 g/mol. The van der Waals surface area contributed by atoms with Crippen LogP contribution >= 0.6 is 0 Å². The topological polar surface area (TPSA) is 102 Å². The minimum Gasteiger partial charge on any atom is -0.497 e. The van der Waals surface area contributed by atoms with Gasteiger partial charge < -0.3 is 15.4 Å². The second-order valence-corrected chi connectivity index (χ2v) is 6.25. The highest BCUT2D eigenvalue weighted by molar-refractivity contribution is 5.92. The molecule has 2 N–H and O–H groups in total. The molecule has 2 amide bonds. The fourth-order valence-electron chi connectivity index (χ4n) is 2.65. The second-order valence-electron chi connectivity index (χ2n) is 6.25. The Bertz CT molecular complexity index is 1070. The van der Waals surface area contributed by atoms with Crippen molar-refractivity contribution in [3.05, 3.63) is 71.0 Å². The summed E-state index contributed by atoms with van der Waals surface area (Å²) in [6.07, 6.45) is 0. The lowest BCUT2D eigenvalue weighted by Crippen LogP contribution is -2.29. The Labute approximate surface area is 167 Å². The number of methoxy groups -OCH3 is 1. The van der Waals surface area contributed by atoms with Gasteiger partial charge in [0.25, 0.3) is 5.56 Å². The number of hydrogen-bond acceptors (Lipinski definition) is 5. The van der Waals surface area contributed by atoms with Gasteiger partial charge in [-0.1, -0.05) is 0 Å². The van der Waals surface area contributed by atoms with E-state index in [1.54, 1.807) is 49.6 Å². The summed E-state index contributed by atoms with van der Waals surface area (Å²) in [5.41, 5.74) is 2.16. The smallest absolute Gasteiger partial charge is 0.267 e. The van der Waals surface area contributed by atoms with Crippen molar-refractivity contribution in [3.63, 3.8) is 0 Å². The number of amides is 2. The van der Waals surface area contributed by atoms with E-state index in [-0.39, 0.29) is 18.0 Å². The predicted octanol–water partition coefficient (Wildman–Crippen LogP) is 2.52. The molecule has 0 spiro atoms. The van der Waals surface area contributed by atoms with E-state index in [2.05, 4.69) is 15.7 Å². The molecule has 0 aliphatic heterocycles. The maximum atomic E-state index is 12.3. The van der Waals surface area contributed by atoms with Gasteiger partial charge in [-0.15, -0.1) is 0 Å². The summed E-state index contributed by atoms with van der Waals surface area (Å²) in [7, 11) is 1.58. The highest BCUT2D eigenvalue weighted by Gasteiger charge is 2.09. The molecule has 3 rings (SSSR count). The van der Waals surface area contributed by atoms with Crippen LogP contribution in [0.3, 0.4) is 0 Å². The molecule has 29 heavy (non-hydrogen) atoms. The molecule has 1 aromatic heterocycles. The number of carbonyl (C=O) groups is 2. The molecule has 3 aromatic rings. The van der Waals surface area contributed by atoms with E-state index >= 15 is 0 Å². The molecular weight excluding hydrogens is 372 g/mol. The van der Waals surface area contributed by atoms with Crippen LogP contribution in [-0.4, -0.2) is 28.7 Å². The molecule has 2 aromatic carbocycles. The molecule has 0 atom stereocenters. The van der Waals surface area contributed by atoms with Gasteiger partial charge in [0, 0.05) is 29.9 Å². The van der Waals surface area contributed by atoms with Gasteiger partial charge in [-0.05, 0) is 54.6 Å². The summed E-state index contributed by atoms with van der Waals surface area (Å²) in [6.45, 7) is 1.19. The van der Waals surface area contributed by atoms with E-state index in [0.29, 0.717) is 22.8 Å². The zero-order chi connectivity index (χ0) is 20.8. The van der Waals surface area contributed by atoms with Crippen LogP contribution in [0, 0.1) is 0 Å². The Morgan fingerprint density at radius 2 is 1.55 bits per heavy atom. The Kier molecular flexibility index (Phi) is 6.03. The van der Waals surface area contributed by atoms with Crippen LogP contribution in [0.4, 0.5) is 11.4 Å². The van der Waals surface area contributed by atoms with E-state index < -0.39 is 5.91 Å². The van der Waals surface area contributed by atoms with Crippen LogP contribution < -0.4 is 20.9 Å². The standard InChI is InChI=1S/C21H20N4O4/c1-14(26)22-16-5-7-17(8-6-16)23-20(27)13-25-21(28)12-11-19(24-25)15-3-9-18(29-2)10-4-15/h3-12H,13H2,1-2H3,(H,22,26)(H,23,27). The number of benzene rings is 2. The number of hydrogen-bond donors (Lipinski definition) is 2. The summed E-state index contributed by atoms with van der Waals surface area (Å²) < 4.78 is 6.25. The van der Waals surface area contributed by atoms with Crippen molar-refractivity contribution in [1.82, 2.24) is 9.78 Å². The minimum absolute atomic E-state index is 0.177. The highest BCUT2D eigenvalue weighted by Crippen LogP contribution is 2.19. The van der Waals surface area contributed by atoms with Crippen molar-refractivity contribution >= 4 is 23.2 Å². The van der Waals surface area contributed by atoms with Crippen molar-refractivity contribution in [2.24, 2.45) is 0 Å². The van der Waals surface area contributed by atoms with Crippen molar-refractivity contribution < 1.29 is 14.3 Å². The quantitative estimate of drug-likeness (QED) is 0.671. The van der Waals surface area contributed by atoms with Crippen LogP contribution in [-0.2, 0) is 16.1 Å². The maximum absolute atomic E-state index is 12.3. The SMILES string of the molecule is COc1ccc(-c2ccc(=O)n(CC(=O)Nc3ccc(NC(C)=O)cc3)n2)cc1. The van der Waals surface area contributed by atoms with Crippen molar-refractivity contribution in [3.8, 4) is 17.0 Å². The van der Waals surface area contributed by atoms with Crippen LogP contribution in [0.5, 0.6) is 5.75 Å². The molecule has 0 radical (unpaired) electrons. The number of ether oxygens (including phenoxy) is 1. The fraction of sp³-hybridized carbons (Fsp3) is 0.143. The van der Waals surface area contributed by atoms with E-state index in [4.69, 9.17) is 4.74 Å². The zero-order valence-electron chi connectivity index (χ0n) is 16.0. The maximum Gasteiger partial charge on any atom is 0.267 e. The number of rotatable bonds is 6. The monoisotopic (exact) mass is 392 g/mol. The summed E-state index contributed by atoms with van der Waals surface area (Å²) in [4.78, 5) is 35.5. The molecule has 8 nitrogen and oxygen atoms in total. The first-order chi connectivity index (χ1) is 13.9. The third-order valence-electron chi connectivity index (χ3n) is 4.03. The van der Waals surface area contributed by atoms with Crippen LogP contribution in [0.1, 0.15) is 6.92 Å². The first-order valence-corrected chi connectivity index (χ1v) is 8.85. The van der Waals surface area contributed by atoms with Gasteiger partial charge in [-0.2, -0.15) is 5.10 Å². The van der Waals surface area contributed by atoms with Crippen LogP contribution in [0.15, 0.2) is 65.5 Å². The van der Waals surface area contributed by atoms with Crippen LogP contribution in [0.2, 0.25) is 0 Å². The third kappa shape index (κ3) is 5.29. The second kappa shape index (κ2) is 8.83. The van der Waals surface area contributed by atoms with Gasteiger partial charge >= 0.3 is 0 Å². The van der Waals surface area contributed by atoms with E-state index in [1.165, 1.54) is 13.0 Å². The summed E-state index contributed by atoms with van der Waals surface area (Å²) in [6, 6.07) is 16.9. The largest absolute Gasteiger partial charge is 0.497 e. The Balaban J connectivity index is 1.71. The summed E-state index contributed by atoms with van der Waals surface area (Å²) in [5.74, 6) is 0.147. The lowest BCUT2D eigenvalue weighted by atomic mass is 10.1. The number of anilines is 2. The minimum atomic E-state index is -0.390. The number of carbonyl (C=O) groups excluding carboxylic acids is 2. The highest BCUT2D eigenvalue weighted by atomic mass is 16.5. The molecule has 8 heteroatoms. The van der Waals surface area contributed by atoms with Gasteiger partial charge in [0.05, 0.1) is 12.8 Å². The average Bonchev–Trinajstić information content (AvgIpc) is 2.71. The molecular formula is C21H20N4O4. The Morgan fingerprint density at radius 1 is 0.931 bits per heavy atom. The number of nitrogens with one attached hydrogen (secondary N) is 2. The first kappa shape index (κ1) is 19.8. The normalized spacial score (nSPS) is 10.3. The van der Waals surface area contributed by atoms with Crippen molar-refractivity contribution in [2.75, 3.05) is 17.7 Å². The molecule has 0 fully saturated rings. The molecule has 1 heterocycles. The summed E-state index contributed by atoms with van der Waals surface area (Å²) >= 11 is 0. The first-order valence-electron chi connectivity index (χ1n) is 8.85. The number of nitrogens with zero attached hydrogens (tertiary/aromatic N) is 2. The molecule has 0 saturated heterocycles. The molecule has 0 aliphatic rings.